The molecule has 4 rings (SSSR count). The van der Waals surface area contributed by atoms with Crippen LogP contribution in [0.3, 0.4) is 0 Å². The summed E-state index contributed by atoms with van der Waals surface area (Å²) in [5, 5.41) is 3.03. The van der Waals surface area contributed by atoms with Gasteiger partial charge in [0, 0.05) is 17.8 Å². The monoisotopic (exact) mass is 376 g/mol. The van der Waals surface area contributed by atoms with Gasteiger partial charge in [0.1, 0.15) is 0 Å². The second-order valence-corrected chi connectivity index (χ2v) is 8.44. The van der Waals surface area contributed by atoms with Crippen LogP contribution in [0, 0.1) is 0 Å². The van der Waals surface area contributed by atoms with Crippen LogP contribution in [0.15, 0.2) is 54.6 Å². The molecular weight excluding hydrogens is 344 g/mol. The summed E-state index contributed by atoms with van der Waals surface area (Å²) >= 11 is 0. The van der Waals surface area contributed by atoms with Gasteiger partial charge in [0.15, 0.2) is 0 Å². The maximum absolute atomic E-state index is 12.3. The van der Waals surface area contributed by atoms with E-state index in [1.807, 2.05) is 30.3 Å². The predicted octanol–water partition coefficient (Wildman–Crippen LogP) is 5.38. The van der Waals surface area contributed by atoms with E-state index in [2.05, 4.69) is 41.4 Å². The topological polar surface area (TPSA) is 32.3 Å². The molecule has 0 radical (unpaired) electrons. The molecule has 0 bridgehead atoms. The van der Waals surface area contributed by atoms with E-state index in [4.69, 9.17) is 0 Å². The largest absolute Gasteiger partial charge is 0.326 e. The van der Waals surface area contributed by atoms with Crippen molar-refractivity contribution in [1.82, 2.24) is 4.90 Å². The van der Waals surface area contributed by atoms with Crippen molar-refractivity contribution in [3.63, 3.8) is 0 Å². The number of nitrogens with one attached hydrogen (secondary N) is 1. The van der Waals surface area contributed by atoms with Crippen molar-refractivity contribution in [1.29, 1.82) is 0 Å². The van der Waals surface area contributed by atoms with Gasteiger partial charge in [0.2, 0.25) is 5.91 Å². The molecule has 148 valence electrons. The Morgan fingerprint density at radius 2 is 1.82 bits per heavy atom. The van der Waals surface area contributed by atoms with Crippen molar-refractivity contribution >= 4 is 11.6 Å². The van der Waals surface area contributed by atoms with Crippen molar-refractivity contribution in [3.8, 4) is 0 Å². The van der Waals surface area contributed by atoms with Gasteiger partial charge in [-0.15, -0.1) is 0 Å². The van der Waals surface area contributed by atoms with Crippen molar-refractivity contribution in [2.75, 3.05) is 11.9 Å². The molecule has 1 aliphatic heterocycles. The SMILES string of the molecule is CC[C@H]1CCCN1C1CCC(c2ccc(NC(=O)Cc3ccccc3)cc2)C1. The zero-order chi connectivity index (χ0) is 19.3. The van der Waals surface area contributed by atoms with Crippen LogP contribution in [0.1, 0.15) is 62.5 Å². The van der Waals surface area contributed by atoms with E-state index in [1.165, 1.54) is 50.6 Å². The van der Waals surface area contributed by atoms with E-state index in [1.54, 1.807) is 0 Å². The number of nitrogens with zero attached hydrogens (tertiary/aromatic N) is 1. The molecule has 0 aromatic heterocycles. The molecule has 2 aromatic rings. The minimum absolute atomic E-state index is 0.0412. The highest BCUT2D eigenvalue weighted by Gasteiger charge is 2.35. The van der Waals surface area contributed by atoms with Crippen LogP contribution in [-0.2, 0) is 11.2 Å². The lowest BCUT2D eigenvalue weighted by atomic mass is 9.97. The molecule has 2 aliphatic rings. The van der Waals surface area contributed by atoms with Gasteiger partial charge in [0.05, 0.1) is 6.42 Å². The van der Waals surface area contributed by atoms with Crippen LogP contribution in [0.4, 0.5) is 5.69 Å². The van der Waals surface area contributed by atoms with Gasteiger partial charge in [-0.2, -0.15) is 0 Å². The Hall–Kier alpha value is -2.13. The summed E-state index contributed by atoms with van der Waals surface area (Å²) in [6, 6.07) is 20.0. The first-order valence-corrected chi connectivity index (χ1v) is 10.9. The molecule has 1 aliphatic carbocycles. The summed E-state index contributed by atoms with van der Waals surface area (Å²) in [6.45, 7) is 3.63. The summed E-state index contributed by atoms with van der Waals surface area (Å²) < 4.78 is 0. The molecule has 28 heavy (non-hydrogen) atoms. The molecule has 1 saturated carbocycles. The number of anilines is 1. The normalized spacial score (nSPS) is 25.1. The lowest BCUT2D eigenvalue weighted by Gasteiger charge is -2.30. The lowest BCUT2D eigenvalue weighted by Crippen LogP contribution is -2.37. The first kappa shape index (κ1) is 19.2. The molecule has 2 unspecified atom stereocenters. The van der Waals surface area contributed by atoms with Crippen LogP contribution in [0.25, 0.3) is 0 Å². The van der Waals surface area contributed by atoms with Crippen LogP contribution < -0.4 is 5.32 Å². The van der Waals surface area contributed by atoms with E-state index >= 15 is 0 Å². The second-order valence-electron chi connectivity index (χ2n) is 8.44. The highest BCUT2D eigenvalue weighted by Crippen LogP contribution is 2.39. The van der Waals surface area contributed by atoms with Crippen molar-refractivity contribution in [2.45, 2.75) is 69.9 Å². The first-order valence-electron chi connectivity index (χ1n) is 10.9. The predicted molar refractivity (Wildman–Crippen MR) is 116 cm³/mol. The van der Waals surface area contributed by atoms with Gasteiger partial charge in [-0.25, -0.2) is 0 Å². The average molecular weight is 377 g/mol. The van der Waals surface area contributed by atoms with Gasteiger partial charge in [-0.3, -0.25) is 9.69 Å². The number of hydrogen-bond acceptors (Lipinski definition) is 2. The number of hydrogen-bond donors (Lipinski definition) is 1. The highest BCUT2D eigenvalue weighted by molar-refractivity contribution is 5.92. The Kier molecular flexibility index (Phi) is 6.11. The maximum Gasteiger partial charge on any atom is 0.228 e. The Morgan fingerprint density at radius 1 is 1.04 bits per heavy atom. The second kappa shape index (κ2) is 8.91. The number of amides is 1. The molecule has 3 atom stereocenters. The van der Waals surface area contributed by atoms with Crippen molar-refractivity contribution in [3.05, 3.63) is 65.7 Å². The maximum atomic E-state index is 12.3. The van der Waals surface area contributed by atoms with Gasteiger partial charge in [-0.05, 0) is 74.2 Å². The fourth-order valence-corrected chi connectivity index (χ4v) is 5.16. The molecule has 1 amide bonds. The fourth-order valence-electron chi connectivity index (χ4n) is 5.16. The zero-order valence-electron chi connectivity index (χ0n) is 16.9. The van der Waals surface area contributed by atoms with E-state index in [0.717, 1.165) is 23.3 Å². The molecule has 1 N–H and O–H groups in total. The highest BCUT2D eigenvalue weighted by atomic mass is 16.1. The smallest absolute Gasteiger partial charge is 0.228 e. The van der Waals surface area contributed by atoms with Crippen LogP contribution in [-0.4, -0.2) is 29.4 Å². The Balaban J connectivity index is 1.31. The number of likely N-dealkylation sites (tertiary alicyclic amines) is 1. The summed E-state index contributed by atoms with van der Waals surface area (Å²) in [5.41, 5.74) is 3.36. The summed E-state index contributed by atoms with van der Waals surface area (Å²) in [7, 11) is 0. The minimum Gasteiger partial charge on any atom is -0.326 e. The van der Waals surface area contributed by atoms with E-state index in [9.17, 15) is 4.79 Å². The number of carbonyl (C=O) groups is 1. The third-order valence-electron chi connectivity index (χ3n) is 6.64. The first-order chi connectivity index (χ1) is 13.7. The molecule has 1 heterocycles. The van der Waals surface area contributed by atoms with Crippen LogP contribution in [0.5, 0.6) is 0 Å². The standard InChI is InChI=1S/C25H32N2O/c1-2-23-9-6-16-27(23)24-15-12-21(18-24)20-10-13-22(14-11-20)26-25(28)17-19-7-4-3-5-8-19/h3-5,7-8,10-11,13-14,21,23-24H,2,6,9,12,15-18H2,1H3,(H,26,28)/t21?,23-,24?/m0/s1. The van der Waals surface area contributed by atoms with E-state index in [0.29, 0.717) is 12.3 Å². The quantitative estimate of drug-likeness (QED) is 0.734. The summed E-state index contributed by atoms with van der Waals surface area (Å²) in [4.78, 5) is 15.0. The van der Waals surface area contributed by atoms with Crippen molar-refractivity contribution < 1.29 is 4.79 Å². The number of rotatable bonds is 6. The van der Waals surface area contributed by atoms with Gasteiger partial charge in [0.25, 0.3) is 0 Å². The van der Waals surface area contributed by atoms with Crippen LogP contribution in [0.2, 0.25) is 0 Å². The van der Waals surface area contributed by atoms with Gasteiger partial charge >= 0.3 is 0 Å². The lowest BCUT2D eigenvalue weighted by molar-refractivity contribution is -0.115. The third kappa shape index (κ3) is 4.47. The minimum atomic E-state index is 0.0412. The van der Waals surface area contributed by atoms with Gasteiger partial charge < -0.3 is 5.32 Å². The van der Waals surface area contributed by atoms with Crippen molar-refractivity contribution in [2.24, 2.45) is 0 Å². The summed E-state index contributed by atoms with van der Waals surface area (Å²) in [6.07, 6.45) is 8.37. The molecule has 3 heteroatoms. The Morgan fingerprint density at radius 3 is 2.57 bits per heavy atom. The number of benzene rings is 2. The molecule has 2 aromatic carbocycles. The van der Waals surface area contributed by atoms with Gasteiger partial charge in [-0.1, -0.05) is 49.4 Å². The zero-order valence-corrected chi connectivity index (χ0v) is 16.9. The Labute approximate surface area is 169 Å². The molecule has 0 spiro atoms. The Bertz CT molecular complexity index is 771. The average Bonchev–Trinajstić information content (AvgIpc) is 3.38. The van der Waals surface area contributed by atoms with E-state index in [-0.39, 0.29) is 5.91 Å². The molecule has 3 nitrogen and oxygen atoms in total. The molecule has 1 saturated heterocycles. The summed E-state index contributed by atoms with van der Waals surface area (Å²) in [5.74, 6) is 0.705. The molecular formula is C25H32N2O. The third-order valence-corrected chi connectivity index (χ3v) is 6.64. The number of carbonyl (C=O) groups excluding carboxylic acids is 1. The van der Waals surface area contributed by atoms with Crippen LogP contribution >= 0.6 is 0 Å². The fraction of sp³-hybridized carbons (Fsp3) is 0.480. The molecule has 2 fully saturated rings. The van der Waals surface area contributed by atoms with E-state index < -0.39 is 0 Å².